The van der Waals surface area contributed by atoms with Crippen molar-refractivity contribution < 1.29 is 10.2 Å². The molecule has 0 unspecified atom stereocenters. The van der Waals surface area contributed by atoms with E-state index in [1.807, 2.05) is 12.1 Å². The van der Waals surface area contributed by atoms with Crippen LogP contribution in [0.3, 0.4) is 0 Å². The topological polar surface area (TPSA) is 40.5 Å². The number of phenolic OH excluding ortho intramolecular Hbond substituents is 2. The van der Waals surface area contributed by atoms with E-state index in [-0.39, 0.29) is 11.5 Å². The van der Waals surface area contributed by atoms with E-state index in [4.69, 9.17) is 0 Å². The summed E-state index contributed by atoms with van der Waals surface area (Å²) < 4.78 is 0. The Balaban J connectivity index is 1.96. The summed E-state index contributed by atoms with van der Waals surface area (Å²) in [5, 5.41) is 19.3. The number of phenols is 2. The first-order chi connectivity index (χ1) is 7.25. The van der Waals surface area contributed by atoms with Gasteiger partial charge < -0.3 is 10.2 Å². The SMILES string of the molecule is Oc1cccc([C@H]2C[C@H]3CC[C@H]2C3)c1O. The minimum absolute atomic E-state index is 0.0234. The van der Waals surface area contributed by atoms with Crippen molar-refractivity contribution in [1.29, 1.82) is 0 Å². The molecule has 0 radical (unpaired) electrons. The van der Waals surface area contributed by atoms with Gasteiger partial charge in [0, 0.05) is 5.56 Å². The van der Waals surface area contributed by atoms with Crippen molar-refractivity contribution in [2.24, 2.45) is 11.8 Å². The van der Waals surface area contributed by atoms with E-state index in [1.54, 1.807) is 6.07 Å². The minimum Gasteiger partial charge on any atom is -0.504 e. The van der Waals surface area contributed by atoms with E-state index in [2.05, 4.69) is 0 Å². The molecule has 1 aromatic carbocycles. The molecule has 2 aliphatic rings. The first-order valence-electron chi connectivity index (χ1n) is 5.76. The Labute approximate surface area is 89.6 Å². The Morgan fingerprint density at radius 1 is 1.07 bits per heavy atom. The van der Waals surface area contributed by atoms with Crippen molar-refractivity contribution in [2.45, 2.75) is 31.6 Å². The average Bonchev–Trinajstić information content (AvgIpc) is 2.83. The molecule has 0 heterocycles. The van der Waals surface area contributed by atoms with Crippen molar-refractivity contribution in [1.82, 2.24) is 0 Å². The molecule has 0 saturated heterocycles. The zero-order valence-corrected chi connectivity index (χ0v) is 8.69. The second kappa shape index (κ2) is 3.16. The monoisotopic (exact) mass is 204 g/mol. The molecule has 2 aliphatic carbocycles. The summed E-state index contributed by atoms with van der Waals surface area (Å²) in [4.78, 5) is 0. The predicted molar refractivity (Wildman–Crippen MR) is 58.0 cm³/mol. The van der Waals surface area contributed by atoms with Gasteiger partial charge in [0.2, 0.25) is 0 Å². The largest absolute Gasteiger partial charge is 0.504 e. The standard InChI is InChI=1S/C13H16O2/c14-12-3-1-2-10(13(12)15)11-7-8-4-5-9(11)6-8/h1-3,8-9,11,14-15H,4-7H2/t8-,9-,11-/m0/s1. The zero-order valence-electron chi connectivity index (χ0n) is 8.69. The van der Waals surface area contributed by atoms with Gasteiger partial charge in [0.05, 0.1) is 0 Å². The molecule has 3 atom stereocenters. The number of benzene rings is 1. The quantitative estimate of drug-likeness (QED) is 0.690. The number of rotatable bonds is 1. The molecule has 3 rings (SSSR count). The van der Waals surface area contributed by atoms with Crippen molar-refractivity contribution in [3.63, 3.8) is 0 Å². The van der Waals surface area contributed by atoms with Gasteiger partial charge in [0.25, 0.3) is 0 Å². The van der Waals surface area contributed by atoms with Gasteiger partial charge in [-0.05, 0) is 43.1 Å². The van der Waals surface area contributed by atoms with Crippen LogP contribution in [0.2, 0.25) is 0 Å². The number of fused-ring (bicyclic) bond motifs is 2. The van der Waals surface area contributed by atoms with E-state index in [1.165, 1.54) is 25.7 Å². The molecular formula is C13H16O2. The smallest absolute Gasteiger partial charge is 0.160 e. The van der Waals surface area contributed by atoms with Gasteiger partial charge in [-0.25, -0.2) is 0 Å². The van der Waals surface area contributed by atoms with Crippen molar-refractivity contribution in [3.05, 3.63) is 23.8 Å². The number of hydrogen-bond acceptors (Lipinski definition) is 2. The van der Waals surface area contributed by atoms with E-state index in [9.17, 15) is 10.2 Å². The van der Waals surface area contributed by atoms with Crippen molar-refractivity contribution in [3.8, 4) is 11.5 Å². The molecule has 2 bridgehead atoms. The van der Waals surface area contributed by atoms with Gasteiger partial charge in [0.15, 0.2) is 11.5 Å². The summed E-state index contributed by atoms with van der Waals surface area (Å²) in [5.41, 5.74) is 0.960. The lowest BCUT2D eigenvalue weighted by atomic mass is 9.83. The Kier molecular flexibility index (Phi) is 1.91. The molecule has 2 saturated carbocycles. The highest BCUT2D eigenvalue weighted by atomic mass is 16.3. The van der Waals surface area contributed by atoms with E-state index >= 15 is 0 Å². The zero-order chi connectivity index (χ0) is 10.4. The van der Waals surface area contributed by atoms with Crippen LogP contribution in [-0.2, 0) is 0 Å². The Morgan fingerprint density at radius 2 is 1.93 bits per heavy atom. The maximum atomic E-state index is 9.84. The highest BCUT2D eigenvalue weighted by molar-refractivity contribution is 5.46. The van der Waals surface area contributed by atoms with Crippen molar-refractivity contribution in [2.75, 3.05) is 0 Å². The summed E-state index contributed by atoms with van der Waals surface area (Å²) in [6, 6.07) is 5.34. The highest BCUT2D eigenvalue weighted by Gasteiger charge is 2.41. The molecule has 2 heteroatoms. The Morgan fingerprint density at radius 3 is 2.60 bits per heavy atom. The lowest BCUT2D eigenvalue weighted by Gasteiger charge is -2.22. The lowest BCUT2D eigenvalue weighted by molar-refractivity contribution is 0.373. The normalized spacial score (nSPS) is 33.5. The third-order valence-corrected chi connectivity index (χ3v) is 4.18. The van der Waals surface area contributed by atoms with Gasteiger partial charge in [-0.15, -0.1) is 0 Å². The molecule has 1 aromatic rings. The Bertz CT molecular complexity index is 386. The molecule has 0 aliphatic heterocycles. The first-order valence-corrected chi connectivity index (χ1v) is 5.76. The van der Waals surface area contributed by atoms with Gasteiger partial charge in [-0.2, -0.15) is 0 Å². The Hall–Kier alpha value is -1.18. The van der Waals surface area contributed by atoms with Gasteiger partial charge in [-0.3, -0.25) is 0 Å². The average molecular weight is 204 g/mol. The van der Waals surface area contributed by atoms with Gasteiger partial charge >= 0.3 is 0 Å². The third-order valence-electron chi connectivity index (χ3n) is 4.18. The van der Waals surface area contributed by atoms with Crippen LogP contribution in [0.1, 0.15) is 37.2 Å². The van der Waals surface area contributed by atoms with Crippen LogP contribution >= 0.6 is 0 Å². The highest BCUT2D eigenvalue weighted by Crippen LogP contribution is 2.54. The summed E-state index contributed by atoms with van der Waals surface area (Å²) >= 11 is 0. The second-order valence-electron chi connectivity index (χ2n) is 5.00. The van der Waals surface area contributed by atoms with Crippen LogP contribution in [0.15, 0.2) is 18.2 Å². The summed E-state index contributed by atoms with van der Waals surface area (Å²) in [7, 11) is 0. The maximum absolute atomic E-state index is 9.84. The first kappa shape index (κ1) is 9.08. The van der Waals surface area contributed by atoms with Crippen LogP contribution in [0.4, 0.5) is 0 Å². The fourth-order valence-electron chi connectivity index (χ4n) is 3.47. The molecule has 2 N–H and O–H groups in total. The van der Waals surface area contributed by atoms with E-state index < -0.39 is 0 Å². The summed E-state index contributed by atoms with van der Waals surface area (Å²) in [6.07, 6.45) is 5.17. The molecule has 0 aromatic heterocycles. The fraction of sp³-hybridized carbons (Fsp3) is 0.538. The maximum Gasteiger partial charge on any atom is 0.160 e. The molecule has 15 heavy (non-hydrogen) atoms. The number of hydrogen-bond donors (Lipinski definition) is 2. The minimum atomic E-state index is 0.0234. The molecule has 80 valence electrons. The molecule has 2 fully saturated rings. The number of para-hydroxylation sites is 1. The molecule has 0 spiro atoms. The second-order valence-corrected chi connectivity index (χ2v) is 5.00. The number of aromatic hydroxyl groups is 2. The predicted octanol–water partition coefficient (Wildman–Crippen LogP) is 3.00. The van der Waals surface area contributed by atoms with Crippen molar-refractivity contribution >= 4 is 0 Å². The van der Waals surface area contributed by atoms with Crippen LogP contribution in [0.25, 0.3) is 0 Å². The van der Waals surface area contributed by atoms with Gasteiger partial charge in [0.1, 0.15) is 0 Å². The van der Waals surface area contributed by atoms with Gasteiger partial charge in [-0.1, -0.05) is 18.6 Å². The summed E-state index contributed by atoms with van der Waals surface area (Å²) in [5.74, 6) is 2.21. The van der Waals surface area contributed by atoms with Crippen LogP contribution in [0.5, 0.6) is 11.5 Å². The van der Waals surface area contributed by atoms with Crippen LogP contribution < -0.4 is 0 Å². The molecule has 2 nitrogen and oxygen atoms in total. The molecule has 0 amide bonds. The third kappa shape index (κ3) is 1.31. The fourth-order valence-corrected chi connectivity index (χ4v) is 3.47. The van der Waals surface area contributed by atoms with E-state index in [0.29, 0.717) is 5.92 Å². The van der Waals surface area contributed by atoms with Crippen LogP contribution in [-0.4, -0.2) is 10.2 Å². The lowest BCUT2D eigenvalue weighted by Crippen LogP contribution is -2.08. The molecular weight excluding hydrogens is 188 g/mol. The van der Waals surface area contributed by atoms with E-state index in [0.717, 1.165) is 17.4 Å². The summed E-state index contributed by atoms with van der Waals surface area (Å²) in [6.45, 7) is 0. The van der Waals surface area contributed by atoms with Crippen LogP contribution in [0, 0.1) is 11.8 Å².